The van der Waals surface area contributed by atoms with E-state index in [4.69, 9.17) is 17.3 Å². The van der Waals surface area contributed by atoms with Gasteiger partial charge in [0.15, 0.2) is 0 Å². The van der Waals surface area contributed by atoms with Crippen LogP contribution in [0.25, 0.3) is 0 Å². The Hall–Kier alpha value is -0.690. The van der Waals surface area contributed by atoms with Crippen molar-refractivity contribution in [3.05, 3.63) is 29.0 Å². The Morgan fingerprint density at radius 3 is 2.60 bits per heavy atom. The molecule has 1 saturated carbocycles. The molecule has 1 aromatic carbocycles. The number of nitrogens with one attached hydrogen (secondary N) is 1. The highest BCUT2D eigenvalue weighted by molar-refractivity contribution is 7.89. The number of rotatable bonds is 5. The van der Waals surface area contributed by atoms with Gasteiger partial charge in [-0.2, -0.15) is 0 Å². The monoisotopic (exact) mass is 320 g/mol. The van der Waals surface area contributed by atoms with Crippen molar-refractivity contribution in [1.29, 1.82) is 0 Å². The quantitative estimate of drug-likeness (QED) is 0.874. The first-order valence-electron chi connectivity index (χ1n) is 6.61. The van der Waals surface area contributed by atoms with Crippen molar-refractivity contribution in [2.45, 2.75) is 36.6 Å². The third-order valence-corrected chi connectivity index (χ3v) is 5.69. The lowest BCUT2D eigenvalue weighted by Crippen LogP contribution is -2.44. The molecule has 0 radical (unpaired) electrons. The second kappa shape index (κ2) is 6.39. The summed E-state index contributed by atoms with van der Waals surface area (Å²) in [6.07, 6.45) is 4.14. The third kappa shape index (κ3) is 3.49. The second-order valence-electron chi connectivity index (χ2n) is 5.08. The van der Waals surface area contributed by atoms with Crippen LogP contribution in [-0.2, 0) is 10.0 Å². The van der Waals surface area contributed by atoms with Crippen molar-refractivity contribution in [2.75, 3.05) is 6.54 Å². The summed E-state index contributed by atoms with van der Waals surface area (Å²) in [5, 5.41) is -0.125. The minimum atomic E-state index is -3.79. The molecule has 0 bridgehead atoms. The minimum Gasteiger partial charge on any atom is -0.329 e. The summed E-state index contributed by atoms with van der Waals surface area (Å²) in [5.41, 5.74) is 5.68. The van der Waals surface area contributed by atoms with E-state index in [0.29, 0.717) is 0 Å². The SMILES string of the molecule is NCC(NS(=O)(=O)c1ccc(F)cc1Cl)C1CCCC1. The van der Waals surface area contributed by atoms with Crippen LogP contribution in [0.4, 0.5) is 4.39 Å². The first kappa shape index (κ1) is 15.7. The van der Waals surface area contributed by atoms with E-state index in [1.165, 1.54) is 6.07 Å². The molecule has 112 valence electrons. The molecule has 7 heteroatoms. The van der Waals surface area contributed by atoms with Gasteiger partial charge in [-0.1, -0.05) is 24.4 Å². The lowest BCUT2D eigenvalue weighted by molar-refractivity contribution is 0.405. The lowest BCUT2D eigenvalue weighted by Gasteiger charge is -2.23. The van der Waals surface area contributed by atoms with Crippen LogP contribution in [0, 0.1) is 11.7 Å². The Morgan fingerprint density at radius 1 is 1.40 bits per heavy atom. The summed E-state index contributed by atoms with van der Waals surface area (Å²) in [6, 6.07) is 2.93. The average Bonchev–Trinajstić information content (AvgIpc) is 2.89. The summed E-state index contributed by atoms with van der Waals surface area (Å²) < 4.78 is 40.2. The van der Waals surface area contributed by atoms with Gasteiger partial charge in [0, 0.05) is 12.6 Å². The van der Waals surface area contributed by atoms with E-state index in [9.17, 15) is 12.8 Å². The highest BCUT2D eigenvalue weighted by Gasteiger charge is 2.29. The molecule has 1 fully saturated rings. The standard InChI is InChI=1S/C13H18ClFN2O2S/c14-11-7-10(15)5-6-13(11)20(18,19)17-12(8-16)9-3-1-2-4-9/h5-7,9,12,17H,1-4,8,16H2. The van der Waals surface area contributed by atoms with Gasteiger partial charge in [-0.25, -0.2) is 17.5 Å². The van der Waals surface area contributed by atoms with E-state index < -0.39 is 15.8 Å². The van der Waals surface area contributed by atoms with Gasteiger partial charge in [0.25, 0.3) is 0 Å². The van der Waals surface area contributed by atoms with Crippen LogP contribution in [0.1, 0.15) is 25.7 Å². The zero-order valence-electron chi connectivity index (χ0n) is 11.0. The van der Waals surface area contributed by atoms with E-state index >= 15 is 0 Å². The molecule has 1 atom stereocenters. The van der Waals surface area contributed by atoms with Crippen LogP contribution in [0.15, 0.2) is 23.1 Å². The van der Waals surface area contributed by atoms with Crippen molar-refractivity contribution >= 4 is 21.6 Å². The number of benzene rings is 1. The largest absolute Gasteiger partial charge is 0.329 e. The van der Waals surface area contributed by atoms with Crippen molar-refractivity contribution in [3.63, 3.8) is 0 Å². The molecule has 2 rings (SSSR count). The maximum Gasteiger partial charge on any atom is 0.242 e. The molecule has 1 aliphatic carbocycles. The fraction of sp³-hybridized carbons (Fsp3) is 0.538. The fourth-order valence-corrected chi connectivity index (χ4v) is 4.50. The summed E-state index contributed by atoms with van der Waals surface area (Å²) in [5.74, 6) is -0.311. The Bertz CT molecular complexity index is 574. The molecule has 0 amide bonds. The highest BCUT2D eigenvalue weighted by Crippen LogP contribution is 2.29. The molecule has 0 saturated heterocycles. The van der Waals surface area contributed by atoms with Crippen LogP contribution in [0.5, 0.6) is 0 Å². The molecule has 1 unspecified atom stereocenters. The smallest absolute Gasteiger partial charge is 0.242 e. The van der Waals surface area contributed by atoms with Crippen molar-refractivity contribution in [2.24, 2.45) is 11.7 Å². The van der Waals surface area contributed by atoms with Crippen LogP contribution >= 0.6 is 11.6 Å². The summed E-state index contributed by atoms with van der Waals surface area (Å²) in [7, 11) is -3.79. The Labute approximate surface area is 123 Å². The van der Waals surface area contributed by atoms with Gasteiger partial charge in [0.1, 0.15) is 10.7 Å². The summed E-state index contributed by atoms with van der Waals surface area (Å²) in [4.78, 5) is -0.114. The molecule has 20 heavy (non-hydrogen) atoms. The number of hydrogen-bond acceptors (Lipinski definition) is 3. The molecule has 0 aromatic heterocycles. The molecular weight excluding hydrogens is 303 g/mol. The van der Waals surface area contributed by atoms with Crippen molar-refractivity contribution in [3.8, 4) is 0 Å². The van der Waals surface area contributed by atoms with Gasteiger partial charge in [-0.3, -0.25) is 0 Å². The predicted octanol–water partition coefficient (Wildman–Crippen LogP) is 2.27. The molecule has 1 aliphatic rings. The van der Waals surface area contributed by atoms with E-state index in [-0.39, 0.29) is 28.4 Å². The van der Waals surface area contributed by atoms with Crippen LogP contribution in [-0.4, -0.2) is 21.0 Å². The highest BCUT2D eigenvalue weighted by atomic mass is 35.5. The van der Waals surface area contributed by atoms with Gasteiger partial charge in [-0.15, -0.1) is 0 Å². The van der Waals surface area contributed by atoms with E-state index in [2.05, 4.69) is 4.72 Å². The number of hydrogen-bond donors (Lipinski definition) is 2. The first-order chi connectivity index (χ1) is 9.44. The Kier molecular flexibility index (Phi) is 5.01. The first-order valence-corrected chi connectivity index (χ1v) is 8.47. The second-order valence-corrected chi connectivity index (χ2v) is 7.17. The number of nitrogens with two attached hydrogens (primary N) is 1. The molecule has 1 aromatic rings. The lowest BCUT2D eigenvalue weighted by atomic mass is 9.99. The number of sulfonamides is 1. The van der Waals surface area contributed by atoms with Crippen molar-refractivity contribution < 1.29 is 12.8 Å². The Balaban J connectivity index is 2.21. The predicted molar refractivity (Wildman–Crippen MR) is 76.5 cm³/mol. The molecule has 0 heterocycles. The topological polar surface area (TPSA) is 72.2 Å². The van der Waals surface area contributed by atoms with Crippen LogP contribution in [0.3, 0.4) is 0 Å². The fourth-order valence-electron chi connectivity index (χ4n) is 2.65. The maximum absolute atomic E-state index is 13.0. The summed E-state index contributed by atoms with van der Waals surface area (Å²) in [6.45, 7) is 0.239. The van der Waals surface area contributed by atoms with Gasteiger partial charge >= 0.3 is 0 Å². The maximum atomic E-state index is 13.0. The van der Waals surface area contributed by atoms with Gasteiger partial charge in [0.05, 0.1) is 5.02 Å². The number of halogens is 2. The third-order valence-electron chi connectivity index (χ3n) is 3.71. The van der Waals surface area contributed by atoms with Gasteiger partial charge in [-0.05, 0) is 37.0 Å². The van der Waals surface area contributed by atoms with Crippen LogP contribution < -0.4 is 10.5 Å². The van der Waals surface area contributed by atoms with Crippen molar-refractivity contribution in [1.82, 2.24) is 4.72 Å². The van der Waals surface area contributed by atoms with E-state index in [1.807, 2.05) is 0 Å². The van der Waals surface area contributed by atoms with E-state index in [1.54, 1.807) is 0 Å². The molecule has 3 N–H and O–H groups in total. The Morgan fingerprint density at radius 2 is 2.05 bits per heavy atom. The molecule has 0 aliphatic heterocycles. The molecular formula is C13H18ClFN2O2S. The van der Waals surface area contributed by atoms with Gasteiger partial charge in [0.2, 0.25) is 10.0 Å². The van der Waals surface area contributed by atoms with Crippen LogP contribution in [0.2, 0.25) is 5.02 Å². The minimum absolute atomic E-state index is 0.114. The zero-order valence-corrected chi connectivity index (χ0v) is 12.6. The normalized spacial score (nSPS) is 18.4. The summed E-state index contributed by atoms with van der Waals surface area (Å²) >= 11 is 5.81. The van der Waals surface area contributed by atoms with E-state index in [0.717, 1.165) is 37.8 Å². The molecule has 4 nitrogen and oxygen atoms in total. The average molecular weight is 321 g/mol. The zero-order chi connectivity index (χ0) is 14.8. The van der Waals surface area contributed by atoms with Gasteiger partial charge < -0.3 is 5.73 Å². The molecule has 0 spiro atoms.